The molecule has 4 nitrogen and oxygen atoms in total. The highest BCUT2D eigenvalue weighted by Gasteiger charge is 2.00. The molecule has 0 aliphatic heterocycles. The van der Waals surface area contributed by atoms with Gasteiger partial charge in [0.05, 0.1) is 0 Å². The summed E-state index contributed by atoms with van der Waals surface area (Å²) in [6.45, 7) is 1.94. The lowest BCUT2D eigenvalue weighted by atomic mass is 10.3. The van der Waals surface area contributed by atoms with E-state index in [2.05, 4.69) is 15.5 Å². The largest absolute Gasteiger partial charge is 0.186 e. The quantitative estimate of drug-likeness (QED) is 0.580. The van der Waals surface area contributed by atoms with Crippen molar-refractivity contribution in [3.63, 3.8) is 0 Å². The number of tetrazole rings is 1. The zero-order chi connectivity index (χ0) is 6.69. The third kappa shape index (κ3) is 1.22. The summed E-state index contributed by atoms with van der Waals surface area (Å²) in [5, 5.41) is 9.58. The van der Waals surface area contributed by atoms with Gasteiger partial charge in [0.15, 0.2) is 5.82 Å². The van der Waals surface area contributed by atoms with Gasteiger partial charge in [-0.05, 0) is 16.8 Å². The highest BCUT2D eigenvalue weighted by Crippen LogP contribution is 1.94. The van der Waals surface area contributed by atoms with Crippen molar-refractivity contribution < 1.29 is 4.48 Å². The molecular formula is C4H7FN4. The molecule has 0 unspecified atom stereocenters. The minimum Gasteiger partial charge on any atom is -0.111 e. The van der Waals surface area contributed by atoms with Crippen molar-refractivity contribution in [2.45, 2.75) is 19.8 Å². The molecule has 9 heavy (non-hydrogen) atoms. The molecule has 1 rings (SSSR count). The SMILES string of the molecule is CCCc1nnnn1F. The summed E-state index contributed by atoms with van der Waals surface area (Å²) in [4.78, 5) is 0.198. The monoisotopic (exact) mass is 130 g/mol. The smallest absolute Gasteiger partial charge is 0.111 e. The standard InChI is InChI=1S/C4H7FN4/c1-2-3-4-6-7-8-9(4)5/h2-3H2,1H3. The lowest BCUT2D eigenvalue weighted by molar-refractivity contribution is 0.292. The van der Waals surface area contributed by atoms with E-state index in [4.69, 9.17) is 0 Å². The van der Waals surface area contributed by atoms with Crippen LogP contribution in [-0.2, 0) is 6.42 Å². The molecule has 0 aliphatic carbocycles. The molecule has 0 aliphatic rings. The second kappa shape index (κ2) is 2.52. The molecule has 5 heteroatoms. The van der Waals surface area contributed by atoms with Gasteiger partial charge in [0.2, 0.25) is 0 Å². The first-order valence-electron chi connectivity index (χ1n) is 2.78. The fourth-order valence-corrected chi connectivity index (χ4v) is 0.561. The van der Waals surface area contributed by atoms with Crippen molar-refractivity contribution in [3.05, 3.63) is 5.82 Å². The third-order valence-corrected chi connectivity index (χ3v) is 0.965. The van der Waals surface area contributed by atoms with Gasteiger partial charge in [-0.3, -0.25) is 0 Å². The average molecular weight is 130 g/mol. The third-order valence-electron chi connectivity index (χ3n) is 0.965. The van der Waals surface area contributed by atoms with Gasteiger partial charge < -0.3 is 0 Å². The predicted octanol–water partition coefficient (Wildman–Crippen LogP) is 0.358. The van der Waals surface area contributed by atoms with E-state index in [1.54, 1.807) is 0 Å². The summed E-state index contributed by atoms with van der Waals surface area (Å²) < 4.78 is 12.2. The van der Waals surface area contributed by atoms with Crippen LogP contribution in [0.1, 0.15) is 19.2 Å². The maximum Gasteiger partial charge on any atom is 0.186 e. The lowest BCUT2D eigenvalue weighted by Crippen LogP contribution is -1.93. The second-order valence-corrected chi connectivity index (χ2v) is 1.71. The Bertz CT molecular complexity index is 184. The lowest BCUT2D eigenvalue weighted by Gasteiger charge is -1.87. The van der Waals surface area contributed by atoms with Gasteiger partial charge in [-0.25, -0.2) is 0 Å². The zero-order valence-electron chi connectivity index (χ0n) is 5.08. The maximum atomic E-state index is 12.2. The van der Waals surface area contributed by atoms with Crippen LogP contribution in [0.2, 0.25) is 0 Å². The molecule has 0 saturated heterocycles. The normalized spacial score (nSPS) is 10.0. The van der Waals surface area contributed by atoms with Gasteiger partial charge in [0.25, 0.3) is 0 Å². The van der Waals surface area contributed by atoms with E-state index >= 15 is 0 Å². The number of aryl methyl sites for hydroxylation is 1. The minimum absolute atomic E-state index is 0.198. The molecular weight excluding hydrogens is 123 g/mol. The Morgan fingerprint density at radius 1 is 1.67 bits per heavy atom. The molecule has 50 valence electrons. The summed E-state index contributed by atoms with van der Waals surface area (Å²) in [6.07, 6.45) is 1.44. The molecule has 1 heterocycles. The van der Waals surface area contributed by atoms with Gasteiger partial charge >= 0.3 is 0 Å². The number of nitrogens with zero attached hydrogens (tertiary/aromatic N) is 4. The molecule has 1 aromatic rings. The van der Waals surface area contributed by atoms with Crippen molar-refractivity contribution >= 4 is 0 Å². The van der Waals surface area contributed by atoms with Gasteiger partial charge in [-0.15, -0.1) is 5.10 Å². The first-order chi connectivity index (χ1) is 4.34. The highest BCUT2D eigenvalue weighted by molar-refractivity contribution is 4.76. The first kappa shape index (κ1) is 6.12. The molecule has 0 radical (unpaired) electrons. The maximum absolute atomic E-state index is 12.2. The van der Waals surface area contributed by atoms with Gasteiger partial charge in [-0.1, -0.05) is 16.3 Å². The van der Waals surface area contributed by atoms with Crippen molar-refractivity contribution in [1.29, 1.82) is 0 Å². The zero-order valence-corrected chi connectivity index (χ0v) is 5.08. The van der Waals surface area contributed by atoms with Crippen LogP contribution in [0.5, 0.6) is 0 Å². The van der Waals surface area contributed by atoms with Crippen LogP contribution in [0.3, 0.4) is 0 Å². The van der Waals surface area contributed by atoms with E-state index in [0.29, 0.717) is 6.42 Å². The summed E-state index contributed by atoms with van der Waals surface area (Å²) >= 11 is 0. The van der Waals surface area contributed by atoms with Gasteiger partial charge in [-0.2, -0.15) is 0 Å². The van der Waals surface area contributed by atoms with E-state index in [1.807, 2.05) is 6.92 Å². The van der Waals surface area contributed by atoms with Gasteiger partial charge in [0, 0.05) is 6.42 Å². The Hall–Kier alpha value is -1.00. The highest BCUT2D eigenvalue weighted by atomic mass is 19.2. The molecule has 1 aromatic heterocycles. The van der Waals surface area contributed by atoms with Crippen LogP contribution in [0.25, 0.3) is 0 Å². The summed E-state index contributed by atoms with van der Waals surface area (Å²) in [5.41, 5.74) is 0. The van der Waals surface area contributed by atoms with Gasteiger partial charge in [0.1, 0.15) is 0 Å². The van der Waals surface area contributed by atoms with Crippen molar-refractivity contribution in [2.75, 3.05) is 0 Å². The molecule has 0 N–H and O–H groups in total. The van der Waals surface area contributed by atoms with Crippen LogP contribution in [0.4, 0.5) is 4.48 Å². The van der Waals surface area contributed by atoms with Crippen LogP contribution in [-0.4, -0.2) is 20.4 Å². The van der Waals surface area contributed by atoms with E-state index in [0.717, 1.165) is 6.42 Å². The van der Waals surface area contributed by atoms with E-state index in [1.165, 1.54) is 0 Å². The molecule has 0 fully saturated rings. The molecule has 0 amide bonds. The number of rotatable bonds is 2. The molecule has 0 aromatic carbocycles. The fraction of sp³-hybridized carbons (Fsp3) is 0.750. The fourth-order valence-electron chi connectivity index (χ4n) is 0.561. The summed E-state index contributed by atoms with van der Waals surface area (Å²) in [6, 6.07) is 0. The van der Waals surface area contributed by atoms with Crippen LogP contribution >= 0.6 is 0 Å². The summed E-state index contributed by atoms with van der Waals surface area (Å²) in [5.74, 6) is 0.289. The average Bonchev–Trinajstić information content (AvgIpc) is 2.18. The Kier molecular flexibility index (Phi) is 1.72. The first-order valence-corrected chi connectivity index (χ1v) is 2.78. The molecule has 0 atom stereocenters. The Balaban J connectivity index is 2.69. The molecule has 0 spiro atoms. The topological polar surface area (TPSA) is 43.6 Å². The van der Waals surface area contributed by atoms with Crippen molar-refractivity contribution in [1.82, 2.24) is 20.4 Å². The van der Waals surface area contributed by atoms with E-state index in [9.17, 15) is 4.48 Å². The Morgan fingerprint density at radius 3 is 2.89 bits per heavy atom. The van der Waals surface area contributed by atoms with Crippen LogP contribution < -0.4 is 0 Å². The minimum atomic E-state index is 0.198. The van der Waals surface area contributed by atoms with Crippen molar-refractivity contribution in [2.24, 2.45) is 0 Å². The number of hydrogen-bond donors (Lipinski definition) is 0. The van der Waals surface area contributed by atoms with Crippen LogP contribution in [0, 0.1) is 0 Å². The van der Waals surface area contributed by atoms with Crippen molar-refractivity contribution in [3.8, 4) is 0 Å². The van der Waals surface area contributed by atoms with Crippen LogP contribution in [0.15, 0.2) is 0 Å². The van der Waals surface area contributed by atoms with E-state index in [-0.39, 0.29) is 10.7 Å². The number of aromatic nitrogens is 4. The second-order valence-electron chi connectivity index (χ2n) is 1.71. The van der Waals surface area contributed by atoms with E-state index < -0.39 is 0 Å². The molecule has 0 saturated carbocycles. The Morgan fingerprint density at radius 2 is 2.44 bits per heavy atom. The summed E-state index contributed by atoms with van der Waals surface area (Å²) in [7, 11) is 0. The Labute approximate surface area is 51.6 Å². The number of halogens is 1. The number of hydrogen-bond acceptors (Lipinski definition) is 3. The predicted molar refractivity (Wildman–Crippen MR) is 28.3 cm³/mol. The molecule has 0 bridgehead atoms.